The van der Waals surface area contributed by atoms with E-state index >= 15 is 0 Å². The first kappa shape index (κ1) is 15.1. The SMILES string of the molecule is CCC[C@H]1O[C@H]2CC(=O)O[C@H]2C2=C1C(=O)c1c(O)cccc1C2=O. The molecule has 3 atom stereocenters. The molecule has 0 spiro atoms. The molecule has 1 fully saturated rings. The van der Waals surface area contributed by atoms with Crippen molar-refractivity contribution in [3.05, 3.63) is 40.5 Å². The molecule has 1 aromatic rings. The maximum absolute atomic E-state index is 13.0. The van der Waals surface area contributed by atoms with Crippen LogP contribution in [0.5, 0.6) is 5.75 Å². The predicted octanol–water partition coefficient (Wildman–Crippen LogP) is 1.95. The highest BCUT2D eigenvalue weighted by Crippen LogP contribution is 2.43. The van der Waals surface area contributed by atoms with Crippen LogP contribution in [0.4, 0.5) is 0 Å². The Morgan fingerprint density at radius 3 is 2.71 bits per heavy atom. The molecule has 1 aliphatic carbocycles. The summed E-state index contributed by atoms with van der Waals surface area (Å²) in [4.78, 5) is 37.6. The number of rotatable bonds is 2. The fourth-order valence-electron chi connectivity index (χ4n) is 3.75. The monoisotopic (exact) mass is 328 g/mol. The minimum Gasteiger partial charge on any atom is -0.507 e. The standard InChI is InChI=1S/C18H16O6/c1-2-4-10-14-15(18-11(23-10)7-12(20)24-18)16(21)8-5-3-6-9(19)13(8)17(14)22/h3,5-6,10-11,18-19H,2,4,7H2,1H3/t10-,11+,18-/m1/s1. The summed E-state index contributed by atoms with van der Waals surface area (Å²) >= 11 is 0. The molecule has 0 aromatic heterocycles. The van der Waals surface area contributed by atoms with E-state index in [1.165, 1.54) is 18.2 Å². The highest BCUT2D eigenvalue weighted by Gasteiger charge is 2.51. The van der Waals surface area contributed by atoms with Gasteiger partial charge in [-0.05, 0) is 12.5 Å². The summed E-state index contributed by atoms with van der Waals surface area (Å²) in [7, 11) is 0. The topological polar surface area (TPSA) is 89.9 Å². The molecule has 1 N–H and O–H groups in total. The molecule has 6 heteroatoms. The first-order chi connectivity index (χ1) is 11.5. The number of esters is 1. The lowest BCUT2D eigenvalue weighted by Gasteiger charge is -2.36. The molecule has 0 bridgehead atoms. The number of hydrogen-bond acceptors (Lipinski definition) is 6. The molecular weight excluding hydrogens is 312 g/mol. The van der Waals surface area contributed by atoms with Crippen molar-refractivity contribution < 1.29 is 29.0 Å². The van der Waals surface area contributed by atoms with Crippen LogP contribution in [0.3, 0.4) is 0 Å². The van der Waals surface area contributed by atoms with E-state index in [1.54, 1.807) is 0 Å². The molecule has 0 unspecified atom stereocenters. The van der Waals surface area contributed by atoms with Crippen molar-refractivity contribution in [2.75, 3.05) is 0 Å². The number of benzene rings is 1. The van der Waals surface area contributed by atoms with Crippen LogP contribution in [0.1, 0.15) is 46.9 Å². The van der Waals surface area contributed by atoms with Crippen LogP contribution in [0, 0.1) is 0 Å². The fraction of sp³-hybridized carbons (Fsp3) is 0.389. The Morgan fingerprint density at radius 2 is 1.96 bits per heavy atom. The van der Waals surface area contributed by atoms with Gasteiger partial charge in [-0.25, -0.2) is 0 Å². The Morgan fingerprint density at radius 1 is 1.17 bits per heavy atom. The second-order valence-electron chi connectivity index (χ2n) is 6.25. The van der Waals surface area contributed by atoms with Gasteiger partial charge in [-0.3, -0.25) is 14.4 Å². The van der Waals surface area contributed by atoms with Gasteiger partial charge in [-0.1, -0.05) is 25.5 Å². The van der Waals surface area contributed by atoms with Gasteiger partial charge in [-0.15, -0.1) is 0 Å². The van der Waals surface area contributed by atoms with Crippen LogP contribution in [0.25, 0.3) is 0 Å². The minimum absolute atomic E-state index is 0.00808. The molecule has 0 radical (unpaired) electrons. The number of carbonyl (C=O) groups is 3. The van der Waals surface area contributed by atoms with Crippen LogP contribution in [-0.4, -0.2) is 41.0 Å². The molecule has 4 rings (SSSR count). The quantitative estimate of drug-likeness (QED) is 0.835. The number of hydrogen-bond donors (Lipinski definition) is 1. The second kappa shape index (κ2) is 5.27. The minimum atomic E-state index is -0.840. The van der Waals surface area contributed by atoms with Gasteiger partial charge in [0.15, 0.2) is 17.7 Å². The Balaban J connectivity index is 1.92. The van der Waals surface area contributed by atoms with Crippen LogP contribution in [0.15, 0.2) is 29.3 Å². The van der Waals surface area contributed by atoms with E-state index in [0.29, 0.717) is 6.42 Å². The average Bonchev–Trinajstić information content (AvgIpc) is 2.91. The van der Waals surface area contributed by atoms with E-state index in [4.69, 9.17) is 9.47 Å². The highest BCUT2D eigenvalue weighted by molar-refractivity contribution is 6.29. The molecule has 1 saturated heterocycles. The summed E-state index contributed by atoms with van der Waals surface area (Å²) in [5, 5.41) is 10.1. The molecule has 2 heterocycles. The number of ether oxygens (including phenoxy) is 2. The summed E-state index contributed by atoms with van der Waals surface area (Å²) in [6, 6.07) is 4.41. The lowest BCUT2D eigenvalue weighted by atomic mass is 9.76. The molecule has 1 aromatic carbocycles. The molecule has 24 heavy (non-hydrogen) atoms. The zero-order chi connectivity index (χ0) is 17.0. The van der Waals surface area contributed by atoms with Crippen molar-refractivity contribution in [2.24, 2.45) is 0 Å². The van der Waals surface area contributed by atoms with Gasteiger partial charge >= 0.3 is 5.97 Å². The molecule has 3 aliphatic rings. The van der Waals surface area contributed by atoms with Gasteiger partial charge in [0.25, 0.3) is 0 Å². The Hall–Kier alpha value is -2.47. The predicted molar refractivity (Wildman–Crippen MR) is 81.9 cm³/mol. The van der Waals surface area contributed by atoms with Crippen LogP contribution in [-0.2, 0) is 14.3 Å². The summed E-state index contributed by atoms with van der Waals surface area (Å²) in [6.45, 7) is 1.95. The number of aromatic hydroxyl groups is 1. The van der Waals surface area contributed by atoms with Crippen molar-refractivity contribution in [1.82, 2.24) is 0 Å². The van der Waals surface area contributed by atoms with Gasteiger partial charge in [0.2, 0.25) is 0 Å². The van der Waals surface area contributed by atoms with E-state index in [0.717, 1.165) is 6.42 Å². The molecule has 124 valence electrons. The number of fused-ring (bicyclic) bond motifs is 3. The lowest BCUT2D eigenvalue weighted by Crippen LogP contribution is -2.45. The Bertz CT molecular complexity index is 806. The first-order valence-electron chi connectivity index (χ1n) is 8.03. The lowest BCUT2D eigenvalue weighted by molar-refractivity contribution is -0.140. The zero-order valence-corrected chi connectivity index (χ0v) is 13.1. The molecule has 0 saturated carbocycles. The third kappa shape index (κ3) is 1.96. The summed E-state index contributed by atoms with van der Waals surface area (Å²) in [5.41, 5.74) is 0.608. The van der Waals surface area contributed by atoms with Gasteiger partial charge in [0, 0.05) is 11.1 Å². The summed E-state index contributed by atoms with van der Waals surface area (Å²) in [5.74, 6) is -1.45. The van der Waals surface area contributed by atoms with Gasteiger partial charge in [0.05, 0.1) is 23.7 Å². The maximum atomic E-state index is 13.0. The Labute approximate surface area is 138 Å². The van der Waals surface area contributed by atoms with E-state index in [2.05, 4.69) is 0 Å². The maximum Gasteiger partial charge on any atom is 0.309 e. The van der Waals surface area contributed by atoms with Crippen molar-refractivity contribution in [1.29, 1.82) is 0 Å². The van der Waals surface area contributed by atoms with Crippen LogP contribution >= 0.6 is 0 Å². The number of carbonyl (C=O) groups excluding carboxylic acids is 3. The van der Waals surface area contributed by atoms with Crippen molar-refractivity contribution in [3.63, 3.8) is 0 Å². The fourth-order valence-corrected chi connectivity index (χ4v) is 3.75. The number of phenolic OH excluding ortho intramolecular Hbond substituents is 1. The third-order valence-corrected chi connectivity index (χ3v) is 4.75. The highest BCUT2D eigenvalue weighted by atomic mass is 16.6. The van der Waals surface area contributed by atoms with E-state index < -0.39 is 30.1 Å². The molecule has 0 amide bonds. The largest absolute Gasteiger partial charge is 0.507 e. The number of ketones is 2. The first-order valence-corrected chi connectivity index (χ1v) is 8.03. The summed E-state index contributed by atoms with van der Waals surface area (Å²) in [6.07, 6.45) is -0.558. The Kier molecular flexibility index (Phi) is 3.31. The number of phenols is 1. The average molecular weight is 328 g/mol. The smallest absolute Gasteiger partial charge is 0.309 e. The van der Waals surface area contributed by atoms with E-state index in [9.17, 15) is 19.5 Å². The molecular formula is C18H16O6. The van der Waals surface area contributed by atoms with Crippen molar-refractivity contribution in [3.8, 4) is 5.75 Å². The van der Waals surface area contributed by atoms with E-state index in [-0.39, 0.29) is 40.2 Å². The van der Waals surface area contributed by atoms with Gasteiger partial charge in [0.1, 0.15) is 11.9 Å². The second-order valence-corrected chi connectivity index (χ2v) is 6.25. The van der Waals surface area contributed by atoms with Crippen molar-refractivity contribution in [2.45, 2.75) is 44.5 Å². The van der Waals surface area contributed by atoms with Crippen molar-refractivity contribution >= 4 is 17.5 Å². The van der Waals surface area contributed by atoms with Gasteiger partial charge in [-0.2, -0.15) is 0 Å². The summed E-state index contributed by atoms with van der Waals surface area (Å²) < 4.78 is 11.2. The molecule has 6 nitrogen and oxygen atoms in total. The third-order valence-electron chi connectivity index (χ3n) is 4.75. The normalized spacial score (nSPS) is 28.4. The van der Waals surface area contributed by atoms with Crippen LogP contribution < -0.4 is 0 Å². The zero-order valence-electron chi connectivity index (χ0n) is 13.1. The van der Waals surface area contributed by atoms with Crippen LogP contribution in [0.2, 0.25) is 0 Å². The van der Waals surface area contributed by atoms with E-state index in [1.807, 2.05) is 6.92 Å². The van der Waals surface area contributed by atoms with Gasteiger partial charge < -0.3 is 14.6 Å². The molecule has 2 aliphatic heterocycles. The number of Topliss-reactive ketones (excluding diaryl/α,β-unsaturated/α-hetero) is 2.